The van der Waals surface area contributed by atoms with E-state index < -0.39 is 10.0 Å². The number of carbonyl (C=O) groups excluding carboxylic acids is 1. The van der Waals surface area contributed by atoms with Crippen LogP contribution in [0.4, 0.5) is 0 Å². The van der Waals surface area contributed by atoms with E-state index in [1.165, 1.54) is 33.5 Å². The third-order valence-corrected chi connectivity index (χ3v) is 7.39. The fraction of sp³-hybridized carbons (Fsp3) is 0.286. The van der Waals surface area contributed by atoms with E-state index in [4.69, 9.17) is 9.26 Å². The first kappa shape index (κ1) is 22.6. The van der Waals surface area contributed by atoms with Gasteiger partial charge in [0, 0.05) is 35.7 Å². The number of halogens is 1. The number of aromatic nitrogens is 2. The van der Waals surface area contributed by atoms with Crippen molar-refractivity contribution in [2.45, 2.75) is 11.4 Å². The number of morpholine rings is 1. The molecule has 0 unspecified atom stereocenters. The van der Waals surface area contributed by atoms with Gasteiger partial charge in [-0.1, -0.05) is 33.2 Å². The average Bonchev–Trinajstić information content (AvgIpc) is 3.28. The van der Waals surface area contributed by atoms with Crippen molar-refractivity contribution >= 4 is 31.9 Å². The maximum Gasteiger partial charge on any atom is 0.254 e. The van der Waals surface area contributed by atoms with Crippen LogP contribution < -0.4 is 0 Å². The van der Waals surface area contributed by atoms with Crippen LogP contribution in [0, 0.1) is 0 Å². The van der Waals surface area contributed by atoms with Crippen LogP contribution >= 0.6 is 15.9 Å². The fourth-order valence-electron chi connectivity index (χ4n) is 3.26. The van der Waals surface area contributed by atoms with Crippen LogP contribution in [-0.2, 0) is 21.3 Å². The van der Waals surface area contributed by atoms with Crippen LogP contribution in [0.1, 0.15) is 16.2 Å². The molecule has 2 heterocycles. The molecule has 1 aliphatic rings. The van der Waals surface area contributed by atoms with Crippen molar-refractivity contribution in [3.05, 3.63) is 64.5 Å². The van der Waals surface area contributed by atoms with Crippen molar-refractivity contribution in [2.75, 3.05) is 33.4 Å². The largest absolute Gasteiger partial charge is 0.379 e. The quantitative estimate of drug-likeness (QED) is 0.491. The van der Waals surface area contributed by atoms with E-state index in [-0.39, 0.29) is 17.3 Å². The van der Waals surface area contributed by atoms with Crippen LogP contribution in [0.3, 0.4) is 0 Å². The lowest BCUT2D eigenvalue weighted by Gasteiger charge is -2.26. The van der Waals surface area contributed by atoms with Gasteiger partial charge in [0.2, 0.25) is 21.7 Å². The van der Waals surface area contributed by atoms with E-state index in [9.17, 15) is 13.2 Å². The Morgan fingerprint density at radius 3 is 2.56 bits per heavy atom. The number of amides is 1. The summed E-state index contributed by atoms with van der Waals surface area (Å²) in [4.78, 5) is 18.7. The van der Waals surface area contributed by atoms with Gasteiger partial charge in [0.15, 0.2) is 0 Å². The summed E-state index contributed by atoms with van der Waals surface area (Å²) >= 11 is 3.41. The first-order valence-electron chi connectivity index (χ1n) is 9.86. The Balaban J connectivity index is 1.43. The molecule has 9 nitrogen and oxygen atoms in total. The molecule has 1 saturated heterocycles. The standard InChI is InChI=1S/C21H21BrN4O5S/c1-25(14-19-23-20(24-31-19)16-3-2-4-17(22)13-16)21(27)15-5-7-18(8-6-15)32(28,29)26-9-11-30-12-10-26/h2-8,13H,9-12,14H2,1H3. The topological polar surface area (TPSA) is 106 Å². The second-order valence-corrected chi connectivity index (χ2v) is 10.1. The molecule has 0 saturated carbocycles. The molecule has 1 aromatic heterocycles. The van der Waals surface area contributed by atoms with Gasteiger partial charge in [0.25, 0.3) is 5.91 Å². The minimum Gasteiger partial charge on any atom is -0.379 e. The van der Waals surface area contributed by atoms with Crippen LogP contribution in [0.25, 0.3) is 11.4 Å². The lowest BCUT2D eigenvalue weighted by atomic mass is 10.2. The number of sulfonamides is 1. The molecule has 11 heteroatoms. The van der Waals surface area contributed by atoms with E-state index in [2.05, 4.69) is 26.1 Å². The van der Waals surface area contributed by atoms with Crippen molar-refractivity contribution in [1.82, 2.24) is 19.3 Å². The molecular formula is C21H21BrN4O5S. The average molecular weight is 521 g/mol. The first-order chi connectivity index (χ1) is 15.3. The molecule has 0 spiro atoms. The maximum atomic E-state index is 12.8. The molecule has 168 valence electrons. The van der Waals surface area contributed by atoms with Gasteiger partial charge in [0.1, 0.15) is 0 Å². The SMILES string of the molecule is CN(Cc1nc(-c2cccc(Br)c2)no1)C(=O)c1ccc(S(=O)(=O)N2CCOCC2)cc1. The molecule has 2 aromatic carbocycles. The summed E-state index contributed by atoms with van der Waals surface area (Å²) in [5.41, 5.74) is 1.15. The molecule has 1 fully saturated rings. The number of ether oxygens (including phenoxy) is 1. The van der Waals surface area contributed by atoms with Crippen LogP contribution in [0.2, 0.25) is 0 Å². The highest BCUT2D eigenvalue weighted by atomic mass is 79.9. The Labute approximate surface area is 194 Å². The molecule has 0 bridgehead atoms. The zero-order chi connectivity index (χ0) is 22.7. The van der Waals surface area contributed by atoms with E-state index in [0.29, 0.717) is 43.6 Å². The van der Waals surface area contributed by atoms with Crippen molar-refractivity contribution in [3.8, 4) is 11.4 Å². The number of hydrogen-bond donors (Lipinski definition) is 0. The van der Waals surface area contributed by atoms with E-state index >= 15 is 0 Å². The number of carbonyl (C=O) groups is 1. The van der Waals surface area contributed by atoms with Gasteiger partial charge in [-0.05, 0) is 36.4 Å². The molecule has 32 heavy (non-hydrogen) atoms. The summed E-state index contributed by atoms with van der Waals surface area (Å²) in [6.45, 7) is 1.50. The van der Waals surface area contributed by atoms with Gasteiger partial charge < -0.3 is 14.2 Å². The predicted octanol–water partition coefficient (Wildman–Crippen LogP) is 2.79. The van der Waals surface area contributed by atoms with E-state index in [0.717, 1.165) is 10.0 Å². The predicted molar refractivity (Wildman–Crippen MR) is 119 cm³/mol. The summed E-state index contributed by atoms with van der Waals surface area (Å²) in [5.74, 6) is 0.435. The molecule has 0 atom stereocenters. The summed E-state index contributed by atoms with van der Waals surface area (Å²) < 4.78 is 38.2. The van der Waals surface area contributed by atoms with Crippen molar-refractivity contribution in [1.29, 1.82) is 0 Å². The second-order valence-electron chi connectivity index (χ2n) is 7.22. The molecule has 1 amide bonds. The fourth-order valence-corrected chi connectivity index (χ4v) is 5.07. The highest BCUT2D eigenvalue weighted by molar-refractivity contribution is 9.10. The van der Waals surface area contributed by atoms with Gasteiger partial charge in [-0.15, -0.1) is 0 Å². The summed E-state index contributed by atoms with van der Waals surface area (Å²) in [5, 5.41) is 3.97. The molecule has 1 aliphatic heterocycles. The zero-order valence-electron chi connectivity index (χ0n) is 17.3. The third kappa shape index (κ3) is 4.90. The summed E-state index contributed by atoms with van der Waals surface area (Å²) in [6.07, 6.45) is 0. The summed E-state index contributed by atoms with van der Waals surface area (Å²) in [6, 6.07) is 13.4. The monoisotopic (exact) mass is 520 g/mol. The van der Waals surface area contributed by atoms with Crippen LogP contribution in [0.15, 0.2) is 62.4 Å². The number of rotatable bonds is 6. The van der Waals surface area contributed by atoms with Crippen LogP contribution in [0.5, 0.6) is 0 Å². The normalized spacial score (nSPS) is 14.9. The van der Waals surface area contributed by atoms with Gasteiger partial charge in [-0.25, -0.2) is 8.42 Å². The second kappa shape index (κ2) is 9.49. The Hall–Kier alpha value is -2.60. The number of benzene rings is 2. The smallest absolute Gasteiger partial charge is 0.254 e. The molecule has 0 N–H and O–H groups in total. The molecular weight excluding hydrogens is 500 g/mol. The van der Waals surface area contributed by atoms with Crippen molar-refractivity contribution < 1.29 is 22.5 Å². The minimum absolute atomic E-state index is 0.119. The Kier molecular flexibility index (Phi) is 6.70. The van der Waals surface area contributed by atoms with Gasteiger partial charge in [-0.3, -0.25) is 4.79 Å². The van der Waals surface area contributed by atoms with Gasteiger partial charge in [0.05, 0.1) is 24.7 Å². The highest BCUT2D eigenvalue weighted by Crippen LogP contribution is 2.21. The molecule has 3 aromatic rings. The lowest BCUT2D eigenvalue weighted by molar-refractivity contribution is 0.0730. The van der Waals surface area contributed by atoms with Gasteiger partial charge in [-0.2, -0.15) is 9.29 Å². The molecule has 0 radical (unpaired) electrons. The Morgan fingerprint density at radius 2 is 1.88 bits per heavy atom. The lowest BCUT2D eigenvalue weighted by Crippen LogP contribution is -2.40. The third-order valence-electron chi connectivity index (χ3n) is 4.98. The zero-order valence-corrected chi connectivity index (χ0v) is 19.7. The highest BCUT2D eigenvalue weighted by Gasteiger charge is 2.26. The maximum absolute atomic E-state index is 12.8. The van der Waals surface area contributed by atoms with Crippen molar-refractivity contribution in [3.63, 3.8) is 0 Å². The van der Waals surface area contributed by atoms with Gasteiger partial charge >= 0.3 is 0 Å². The van der Waals surface area contributed by atoms with E-state index in [1.807, 2.05) is 24.3 Å². The van der Waals surface area contributed by atoms with Crippen molar-refractivity contribution in [2.24, 2.45) is 0 Å². The minimum atomic E-state index is -3.61. The Bertz CT molecular complexity index is 1210. The Morgan fingerprint density at radius 1 is 1.16 bits per heavy atom. The molecule has 0 aliphatic carbocycles. The first-order valence-corrected chi connectivity index (χ1v) is 12.1. The number of hydrogen-bond acceptors (Lipinski definition) is 7. The van der Waals surface area contributed by atoms with Crippen LogP contribution in [-0.4, -0.2) is 67.0 Å². The van der Waals surface area contributed by atoms with E-state index in [1.54, 1.807) is 7.05 Å². The summed E-state index contributed by atoms with van der Waals surface area (Å²) in [7, 11) is -1.99. The molecule has 4 rings (SSSR count). The number of nitrogens with zero attached hydrogens (tertiary/aromatic N) is 4.